The molecule has 2 N–H and O–H groups in total. The Morgan fingerprint density at radius 1 is 1.52 bits per heavy atom. The fraction of sp³-hybridized carbons (Fsp3) is 0.235. The second kappa shape index (κ2) is 6.06. The van der Waals surface area contributed by atoms with Crippen molar-refractivity contribution in [3.8, 4) is 16.5 Å². The van der Waals surface area contributed by atoms with E-state index in [1.54, 1.807) is 13.1 Å². The quantitative estimate of drug-likeness (QED) is 0.797. The van der Waals surface area contributed by atoms with Gasteiger partial charge in [0.1, 0.15) is 5.54 Å². The molecule has 1 aliphatic rings. The lowest BCUT2D eigenvalue weighted by molar-refractivity contribution is 0.522. The molecule has 2 heterocycles. The summed E-state index contributed by atoms with van der Waals surface area (Å²) < 4.78 is 14.2. The van der Waals surface area contributed by atoms with Gasteiger partial charge in [-0.1, -0.05) is 23.7 Å². The first kappa shape index (κ1) is 17.8. The molecule has 3 rings (SSSR count). The SMILES string of the molecule is C=S1(=O)C[C@@](C)(c2sc(-c3cccc(C#N)c3)cc2Cl)N=C(N)N1C. The molecule has 0 bridgehead atoms. The van der Waals surface area contributed by atoms with Crippen molar-refractivity contribution in [2.45, 2.75) is 12.5 Å². The highest BCUT2D eigenvalue weighted by atomic mass is 35.5. The number of rotatable bonds is 2. The normalized spacial score (nSPS) is 26.2. The first-order valence-electron chi connectivity index (χ1n) is 7.41. The predicted molar refractivity (Wildman–Crippen MR) is 106 cm³/mol. The molecule has 0 spiro atoms. The summed E-state index contributed by atoms with van der Waals surface area (Å²) in [6, 6.07) is 11.3. The van der Waals surface area contributed by atoms with Crippen molar-refractivity contribution in [2.75, 3.05) is 12.8 Å². The van der Waals surface area contributed by atoms with E-state index in [0.717, 1.165) is 15.3 Å². The Morgan fingerprint density at radius 3 is 2.88 bits per heavy atom. The third-order valence-corrected chi connectivity index (χ3v) is 8.19. The minimum Gasteiger partial charge on any atom is -0.369 e. The summed E-state index contributed by atoms with van der Waals surface area (Å²) in [5.41, 5.74) is 6.64. The van der Waals surface area contributed by atoms with Crippen molar-refractivity contribution in [3.05, 3.63) is 45.8 Å². The van der Waals surface area contributed by atoms with E-state index in [4.69, 9.17) is 22.6 Å². The van der Waals surface area contributed by atoms with Crippen molar-refractivity contribution in [2.24, 2.45) is 10.7 Å². The Balaban J connectivity index is 2.11. The molecule has 1 aromatic carbocycles. The van der Waals surface area contributed by atoms with Crippen molar-refractivity contribution >= 4 is 44.5 Å². The fourth-order valence-electron chi connectivity index (χ4n) is 2.80. The molecule has 0 fully saturated rings. The van der Waals surface area contributed by atoms with Crippen LogP contribution in [0.2, 0.25) is 5.02 Å². The second-order valence-electron chi connectivity index (χ2n) is 6.14. The van der Waals surface area contributed by atoms with Gasteiger partial charge in [0.05, 0.1) is 37.0 Å². The first-order chi connectivity index (χ1) is 11.7. The zero-order valence-corrected chi connectivity index (χ0v) is 16.2. The van der Waals surface area contributed by atoms with Crippen LogP contribution in [-0.4, -0.2) is 33.1 Å². The van der Waals surface area contributed by atoms with Crippen molar-refractivity contribution < 1.29 is 4.21 Å². The lowest BCUT2D eigenvalue weighted by Gasteiger charge is -2.36. The number of nitriles is 1. The van der Waals surface area contributed by atoms with Crippen LogP contribution in [0, 0.1) is 11.3 Å². The highest BCUT2D eigenvalue weighted by Crippen LogP contribution is 2.44. The number of aliphatic imine (C=N–C) groups is 1. The van der Waals surface area contributed by atoms with Gasteiger partial charge < -0.3 is 5.73 Å². The molecule has 0 radical (unpaired) electrons. The predicted octanol–water partition coefficient (Wildman–Crippen LogP) is 3.05. The maximum Gasteiger partial charge on any atom is 0.203 e. The van der Waals surface area contributed by atoms with Crippen molar-refractivity contribution in [3.63, 3.8) is 0 Å². The largest absolute Gasteiger partial charge is 0.369 e. The molecule has 0 saturated carbocycles. The molecule has 0 aliphatic carbocycles. The maximum atomic E-state index is 12.8. The number of hydrogen-bond acceptors (Lipinski definition) is 5. The summed E-state index contributed by atoms with van der Waals surface area (Å²) in [6.07, 6.45) is 0. The van der Waals surface area contributed by atoms with Gasteiger partial charge in [0.25, 0.3) is 0 Å². The molecule has 25 heavy (non-hydrogen) atoms. The van der Waals surface area contributed by atoms with Crippen molar-refractivity contribution in [1.29, 1.82) is 5.26 Å². The monoisotopic (exact) mass is 392 g/mol. The van der Waals surface area contributed by atoms with Gasteiger partial charge in [-0.25, -0.2) is 9.20 Å². The Hall–Kier alpha value is -2.01. The topological polar surface area (TPSA) is 82.5 Å². The van der Waals surface area contributed by atoms with E-state index in [1.165, 1.54) is 15.6 Å². The summed E-state index contributed by atoms with van der Waals surface area (Å²) >= 11 is 7.94. The Bertz CT molecular complexity index is 1020. The van der Waals surface area contributed by atoms with E-state index in [1.807, 2.05) is 31.2 Å². The first-order valence-corrected chi connectivity index (χ1v) is 10.5. The molecule has 1 aliphatic heterocycles. The van der Waals surface area contributed by atoms with Crippen LogP contribution < -0.4 is 5.73 Å². The molecule has 1 unspecified atom stereocenters. The number of halogens is 1. The van der Waals surface area contributed by atoms with Gasteiger partial charge in [0, 0.05) is 11.9 Å². The van der Waals surface area contributed by atoms with Gasteiger partial charge in [0.15, 0.2) is 0 Å². The van der Waals surface area contributed by atoms with Crippen LogP contribution in [0.4, 0.5) is 0 Å². The number of benzene rings is 1. The van der Waals surface area contributed by atoms with E-state index in [-0.39, 0.29) is 11.7 Å². The summed E-state index contributed by atoms with van der Waals surface area (Å²) in [6.45, 7) is 1.87. The molecule has 2 aromatic rings. The zero-order chi connectivity index (χ0) is 18.4. The van der Waals surface area contributed by atoms with Crippen LogP contribution in [0.5, 0.6) is 0 Å². The minimum atomic E-state index is -2.57. The molecular formula is C17H17ClN4OS2. The smallest absolute Gasteiger partial charge is 0.203 e. The molecule has 2 atom stereocenters. The zero-order valence-electron chi connectivity index (χ0n) is 13.8. The molecular weight excluding hydrogens is 376 g/mol. The third-order valence-electron chi connectivity index (χ3n) is 4.14. The molecule has 8 heteroatoms. The molecule has 5 nitrogen and oxygen atoms in total. The van der Waals surface area contributed by atoms with E-state index in [2.05, 4.69) is 16.9 Å². The molecule has 1 aromatic heterocycles. The van der Waals surface area contributed by atoms with E-state index in [0.29, 0.717) is 10.6 Å². The van der Waals surface area contributed by atoms with Gasteiger partial charge in [-0.05, 0) is 36.6 Å². The maximum absolute atomic E-state index is 12.8. The second-order valence-corrected chi connectivity index (χ2v) is 9.98. The minimum absolute atomic E-state index is 0.186. The van der Waals surface area contributed by atoms with Crippen LogP contribution >= 0.6 is 22.9 Å². The number of hydrogen-bond donors (Lipinski definition) is 1. The van der Waals surface area contributed by atoms with Crippen molar-refractivity contribution in [1.82, 2.24) is 4.31 Å². The van der Waals surface area contributed by atoms with Gasteiger partial charge in [-0.15, -0.1) is 11.3 Å². The van der Waals surface area contributed by atoms with E-state index in [9.17, 15) is 4.21 Å². The average Bonchev–Trinajstić information content (AvgIpc) is 2.95. The van der Waals surface area contributed by atoms with Gasteiger partial charge in [-0.2, -0.15) is 5.26 Å². The summed E-state index contributed by atoms with van der Waals surface area (Å²) in [5, 5.41) is 9.62. The average molecular weight is 393 g/mol. The highest BCUT2D eigenvalue weighted by Gasteiger charge is 2.39. The number of nitrogens with two attached hydrogens (primary N) is 1. The number of nitrogens with zero attached hydrogens (tertiary/aromatic N) is 3. The fourth-order valence-corrected chi connectivity index (χ4v) is 6.18. The summed E-state index contributed by atoms with van der Waals surface area (Å²) in [7, 11) is -0.939. The van der Waals surface area contributed by atoms with Crippen LogP contribution in [0.25, 0.3) is 10.4 Å². The molecule has 0 saturated heterocycles. The lowest BCUT2D eigenvalue weighted by atomic mass is 10.0. The number of guanidine groups is 1. The standard InChI is InChI=1S/C17H17ClN4OS2/c1-17(10-25(3,23)22(2)16(20)21-17)15-13(18)8-14(24-15)12-6-4-5-11(7-12)9-19/h4-8H,3,10H2,1-2H3,(H2,20,21)/t17-,25?/m0/s1. The Labute approximate surface area is 156 Å². The van der Waals surface area contributed by atoms with Crippen LogP contribution in [-0.2, 0) is 15.2 Å². The lowest BCUT2D eigenvalue weighted by Crippen LogP contribution is -2.50. The van der Waals surface area contributed by atoms with Gasteiger partial charge in [-0.3, -0.25) is 4.31 Å². The molecule has 0 amide bonds. The Morgan fingerprint density at radius 2 is 2.24 bits per heavy atom. The Kier molecular flexibility index (Phi) is 4.31. The van der Waals surface area contributed by atoms with E-state index >= 15 is 0 Å². The molecule has 130 valence electrons. The number of thiophene rings is 1. The summed E-state index contributed by atoms with van der Waals surface area (Å²) in [4.78, 5) is 6.25. The van der Waals surface area contributed by atoms with Crippen LogP contribution in [0.3, 0.4) is 0 Å². The summed E-state index contributed by atoms with van der Waals surface area (Å²) in [5.74, 6) is 4.24. The van der Waals surface area contributed by atoms with E-state index < -0.39 is 15.2 Å². The third kappa shape index (κ3) is 3.13. The highest BCUT2D eigenvalue weighted by molar-refractivity contribution is 7.98. The van der Waals surface area contributed by atoms with Crippen LogP contribution in [0.15, 0.2) is 35.3 Å². The van der Waals surface area contributed by atoms with Gasteiger partial charge >= 0.3 is 0 Å². The van der Waals surface area contributed by atoms with Crippen LogP contribution in [0.1, 0.15) is 17.4 Å². The van der Waals surface area contributed by atoms with Gasteiger partial charge in [0.2, 0.25) is 5.96 Å².